The van der Waals surface area contributed by atoms with E-state index in [2.05, 4.69) is 89.8 Å². The van der Waals surface area contributed by atoms with Gasteiger partial charge in [-0.1, -0.05) is 13.8 Å². The summed E-state index contributed by atoms with van der Waals surface area (Å²) >= 11 is 0. The molecular formula is C14H34N4O. The lowest BCUT2D eigenvalue weighted by atomic mass is 10.2. The van der Waals surface area contributed by atoms with Crippen LogP contribution >= 0.6 is 0 Å². The Morgan fingerprint density at radius 2 is 0.789 bits per heavy atom. The summed E-state index contributed by atoms with van der Waals surface area (Å²) < 4.78 is 6.67. The van der Waals surface area contributed by atoms with Gasteiger partial charge in [-0.05, 0) is 56.4 Å². The van der Waals surface area contributed by atoms with Gasteiger partial charge in [0.25, 0.3) is 0 Å². The first-order chi connectivity index (χ1) is 8.60. The van der Waals surface area contributed by atoms with Gasteiger partial charge >= 0.3 is 0 Å². The van der Waals surface area contributed by atoms with Crippen molar-refractivity contribution in [2.24, 2.45) is 0 Å². The zero-order valence-electron chi connectivity index (χ0n) is 14.6. The summed E-state index contributed by atoms with van der Waals surface area (Å²) in [5, 5.41) is 0. The summed E-state index contributed by atoms with van der Waals surface area (Å²) in [6.45, 7) is 4.32. The lowest BCUT2D eigenvalue weighted by Gasteiger charge is -2.54. The maximum atomic E-state index is 6.67. The molecule has 116 valence electrons. The molecule has 0 saturated carbocycles. The summed E-state index contributed by atoms with van der Waals surface area (Å²) in [6.07, 6.45) is 1.77. The second-order valence-electron chi connectivity index (χ2n) is 5.87. The van der Waals surface area contributed by atoms with Crippen LogP contribution in [0.15, 0.2) is 0 Å². The average molecular weight is 274 g/mol. The van der Waals surface area contributed by atoms with E-state index in [4.69, 9.17) is 4.74 Å². The molecule has 0 aromatic carbocycles. The normalized spacial score (nSPS) is 14.2. The maximum absolute atomic E-state index is 6.67. The van der Waals surface area contributed by atoms with Crippen LogP contribution in [0.1, 0.15) is 26.7 Å². The molecule has 0 unspecified atom stereocenters. The molecule has 0 aromatic rings. The fourth-order valence-electron chi connectivity index (χ4n) is 2.84. The van der Waals surface area contributed by atoms with E-state index >= 15 is 0 Å². The lowest BCUT2D eigenvalue weighted by Crippen LogP contribution is -2.67. The number of ether oxygens (including phenoxy) is 1. The maximum Gasteiger partial charge on any atom is 0.182 e. The Kier molecular flexibility index (Phi) is 6.92. The van der Waals surface area contributed by atoms with Crippen LogP contribution in [0, 0.1) is 0 Å². The fourth-order valence-corrected chi connectivity index (χ4v) is 2.84. The number of rotatable bonds is 8. The van der Waals surface area contributed by atoms with Crippen molar-refractivity contribution in [2.45, 2.75) is 38.4 Å². The molecule has 0 fully saturated rings. The van der Waals surface area contributed by atoms with Crippen molar-refractivity contribution in [1.29, 1.82) is 0 Å². The molecule has 0 atom stereocenters. The summed E-state index contributed by atoms with van der Waals surface area (Å²) in [4.78, 5) is 8.57. The standard InChI is InChI=1S/C14H34N4O/c1-11-13(15(3)4,16(5)6)19-14(12-2,17(7)8)18(9)10/h11-12H2,1-10H3. The van der Waals surface area contributed by atoms with Crippen LogP contribution in [0.3, 0.4) is 0 Å². The molecule has 0 rings (SSSR count). The van der Waals surface area contributed by atoms with Gasteiger partial charge in [0.05, 0.1) is 0 Å². The van der Waals surface area contributed by atoms with Crippen LogP contribution in [0.5, 0.6) is 0 Å². The fraction of sp³-hybridized carbons (Fsp3) is 1.00. The first kappa shape index (κ1) is 18.8. The van der Waals surface area contributed by atoms with E-state index in [0.717, 1.165) is 12.8 Å². The van der Waals surface area contributed by atoms with E-state index in [0.29, 0.717) is 0 Å². The van der Waals surface area contributed by atoms with Crippen molar-refractivity contribution >= 4 is 0 Å². The molecule has 0 aliphatic rings. The van der Waals surface area contributed by atoms with Gasteiger partial charge in [0.2, 0.25) is 0 Å². The molecule has 0 heterocycles. The van der Waals surface area contributed by atoms with Crippen molar-refractivity contribution in [2.75, 3.05) is 56.4 Å². The Labute approximate surface area is 120 Å². The van der Waals surface area contributed by atoms with Crippen molar-refractivity contribution in [3.05, 3.63) is 0 Å². The molecule has 19 heavy (non-hydrogen) atoms. The Hall–Kier alpha value is -0.200. The summed E-state index contributed by atoms with van der Waals surface area (Å²) in [5.74, 6) is -0.852. The van der Waals surface area contributed by atoms with Gasteiger partial charge in [0.15, 0.2) is 11.7 Å². The zero-order chi connectivity index (χ0) is 15.4. The molecule has 0 spiro atoms. The van der Waals surface area contributed by atoms with Crippen molar-refractivity contribution in [3.63, 3.8) is 0 Å². The highest BCUT2D eigenvalue weighted by Gasteiger charge is 2.46. The van der Waals surface area contributed by atoms with E-state index < -0.39 is 11.7 Å². The van der Waals surface area contributed by atoms with Crippen LogP contribution in [-0.2, 0) is 4.74 Å². The number of hydrogen-bond donors (Lipinski definition) is 0. The second-order valence-corrected chi connectivity index (χ2v) is 5.87. The van der Waals surface area contributed by atoms with Crippen LogP contribution in [-0.4, -0.2) is 87.7 Å². The van der Waals surface area contributed by atoms with Gasteiger partial charge in [-0.3, -0.25) is 19.6 Å². The third-order valence-corrected chi connectivity index (χ3v) is 4.04. The van der Waals surface area contributed by atoms with Crippen molar-refractivity contribution in [3.8, 4) is 0 Å². The molecule has 0 aliphatic heterocycles. The second kappa shape index (κ2) is 6.99. The number of nitrogens with zero attached hydrogens (tertiary/aromatic N) is 4. The average Bonchev–Trinajstić information content (AvgIpc) is 2.29. The minimum absolute atomic E-state index is 0.426. The molecule has 0 bridgehead atoms. The highest BCUT2D eigenvalue weighted by Crippen LogP contribution is 2.32. The predicted molar refractivity (Wildman–Crippen MR) is 81.9 cm³/mol. The molecule has 0 saturated heterocycles. The largest absolute Gasteiger partial charge is 0.312 e. The molecule has 0 radical (unpaired) electrons. The quantitative estimate of drug-likeness (QED) is 0.622. The Morgan fingerprint density at radius 1 is 0.579 bits per heavy atom. The van der Waals surface area contributed by atoms with E-state index in [1.165, 1.54) is 0 Å². The minimum atomic E-state index is -0.426. The smallest absolute Gasteiger partial charge is 0.182 e. The predicted octanol–water partition coefficient (Wildman–Crippen LogP) is 1.38. The van der Waals surface area contributed by atoms with Gasteiger partial charge in [0, 0.05) is 12.8 Å². The lowest BCUT2D eigenvalue weighted by molar-refractivity contribution is -0.351. The molecule has 0 amide bonds. The SMILES string of the molecule is CCC(OC(CC)(N(C)C)N(C)C)(N(C)C)N(C)C. The highest BCUT2D eigenvalue weighted by molar-refractivity contribution is 4.82. The Morgan fingerprint density at radius 3 is 0.895 bits per heavy atom. The van der Waals surface area contributed by atoms with E-state index in [-0.39, 0.29) is 0 Å². The Balaban J connectivity index is 5.62. The highest BCUT2D eigenvalue weighted by atomic mass is 16.6. The van der Waals surface area contributed by atoms with E-state index in [9.17, 15) is 0 Å². The van der Waals surface area contributed by atoms with Crippen LogP contribution in [0.4, 0.5) is 0 Å². The molecule has 5 nitrogen and oxygen atoms in total. The monoisotopic (exact) mass is 274 g/mol. The summed E-state index contributed by atoms with van der Waals surface area (Å²) in [6, 6.07) is 0. The Bertz CT molecular complexity index is 222. The number of hydrogen-bond acceptors (Lipinski definition) is 5. The van der Waals surface area contributed by atoms with Crippen LogP contribution in [0.25, 0.3) is 0 Å². The zero-order valence-corrected chi connectivity index (χ0v) is 14.6. The van der Waals surface area contributed by atoms with Crippen LogP contribution < -0.4 is 0 Å². The third kappa shape index (κ3) is 3.47. The van der Waals surface area contributed by atoms with E-state index in [1.807, 2.05) is 0 Å². The molecule has 0 aromatic heterocycles. The van der Waals surface area contributed by atoms with Gasteiger partial charge in [-0.15, -0.1) is 0 Å². The molecule has 0 N–H and O–H groups in total. The van der Waals surface area contributed by atoms with Crippen molar-refractivity contribution in [1.82, 2.24) is 19.6 Å². The van der Waals surface area contributed by atoms with Gasteiger partial charge in [-0.25, -0.2) is 0 Å². The van der Waals surface area contributed by atoms with Gasteiger partial charge in [-0.2, -0.15) is 0 Å². The minimum Gasteiger partial charge on any atom is -0.312 e. The summed E-state index contributed by atoms with van der Waals surface area (Å²) in [7, 11) is 16.5. The first-order valence-corrected chi connectivity index (χ1v) is 7.00. The molecular weight excluding hydrogens is 240 g/mol. The first-order valence-electron chi connectivity index (χ1n) is 7.00. The molecule has 0 aliphatic carbocycles. The van der Waals surface area contributed by atoms with Gasteiger partial charge in [0.1, 0.15) is 0 Å². The van der Waals surface area contributed by atoms with Crippen molar-refractivity contribution < 1.29 is 4.74 Å². The topological polar surface area (TPSA) is 22.2 Å². The van der Waals surface area contributed by atoms with Crippen LogP contribution in [0.2, 0.25) is 0 Å². The summed E-state index contributed by atoms with van der Waals surface area (Å²) in [5.41, 5.74) is 0. The van der Waals surface area contributed by atoms with Gasteiger partial charge < -0.3 is 4.74 Å². The van der Waals surface area contributed by atoms with E-state index in [1.54, 1.807) is 0 Å². The third-order valence-electron chi connectivity index (χ3n) is 4.04. The molecule has 5 heteroatoms.